The molecule has 0 saturated heterocycles. The van der Waals surface area contributed by atoms with Crippen molar-refractivity contribution in [3.63, 3.8) is 0 Å². The van der Waals surface area contributed by atoms with E-state index in [0.717, 1.165) is 6.23 Å². The van der Waals surface area contributed by atoms with E-state index < -0.39 is 0 Å². The summed E-state index contributed by atoms with van der Waals surface area (Å²) in [5.41, 5.74) is 0. The summed E-state index contributed by atoms with van der Waals surface area (Å²) in [6, 6.07) is 0. The third kappa shape index (κ3) is 4.07. The molecule has 0 bridgehead atoms. The summed E-state index contributed by atoms with van der Waals surface area (Å²) in [7, 11) is 1.32. The summed E-state index contributed by atoms with van der Waals surface area (Å²) in [6.07, 6.45) is 1.29. The Kier molecular flexibility index (Phi) is 4.99. The lowest BCUT2D eigenvalue weighted by atomic mass is 10.5. The predicted octanol–water partition coefficient (Wildman–Crippen LogP) is -1.65. The molecule has 48 valence electrons. The first-order chi connectivity index (χ1) is 3.81. The zero-order chi connectivity index (χ0) is 6.41. The lowest BCUT2D eigenvalue weighted by molar-refractivity contribution is -0.141. The van der Waals surface area contributed by atoms with Gasteiger partial charge in [0.05, 0.1) is 15.3 Å². The summed E-state index contributed by atoms with van der Waals surface area (Å²) in [6.45, 7) is 1.82. The van der Waals surface area contributed by atoms with Crippen LogP contribution in [0, 0.1) is 0 Å². The van der Waals surface area contributed by atoms with Gasteiger partial charge >= 0.3 is 5.97 Å². The Labute approximate surface area is 54.6 Å². The molecule has 0 aliphatic carbocycles. The van der Waals surface area contributed by atoms with Gasteiger partial charge in [-0.25, -0.2) is 0 Å². The molecular formula is C4H12O2Si2. The Balaban J connectivity index is 2.99. The fraction of sp³-hybridized carbons (Fsp3) is 0.750. The quantitative estimate of drug-likeness (QED) is 0.354. The van der Waals surface area contributed by atoms with Crippen LogP contribution >= 0.6 is 0 Å². The van der Waals surface area contributed by atoms with Crippen molar-refractivity contribution in [1.82, 2.24) is 0 Å². The van der Waals surface area contributed by atoms with E-state index in [0.29, 0.717) is 6.42 Å². The van der Waals surface area contributed by atoms with Crippen molar-refractivity contribution in [2.75, 3.05) is 6.23 Å². The van der Waals surface area contributed by atoms with Crippen molar-refractivity contribution in [2.24, 2.45) is 0 Å². The number of ether oxygens (including phenoxy) is 1. The van der Waals surface area contributed by atoms with Crippen molar-refractivity contribution in [2.45, 2.75) is 13.3 Å². The fourth-order valence-corrected chi connectivity index (χ4v) is 1.36. The standard InChI is InChI=1S/C4H12O2Si2/c1-2-4(5)6-3-8-7/h2-3,8H2,1,7H3. The van der Waals surface area contributed by atoms with Crippen molar-refractivity contribution in [3.05, 3.63) is 0 Å². The maximum Gasteiger partial charge on any atom is 0.305 e. The molecular weight excluding hydrogens is 136 g/mol. The minimum Gasteiger partial charge on any atom is -0.471 e. The van der Waals surface area contributed by atoms with Gasteiger partial charge in [-0.05, 0) is 9.76 Å². The third-order valence-electron chi connectivity index (χ3n) is 0.756. The Morgan fingerprint density at radius 3 is 2.88 bits per heavy atom. The molecule has 0 saturated carbocycles. The number of carbonyl (C=O) groups is 1. The average molecular weight is 148 g/mol. The molecule has 0 aliphatic rings. The van der Waals surface area contributed by atoms with E-state index >= 15 is 0 Å². The van der Waals surface area contributed by atoms with Crippen LogP contribution in [0.25, 0.3) is 0 Å². The van der Waals surface area contributed by atoms with Crippen molar-refractivity contribution in [3.8, 4) is 0 Å². The first kappa shape index (κ1) is 7.90. The summed E-state index contributed by atoms with van der Waals surface area (Å²) in [4.78, 5) is 10.4. The van der Waals surface area contributed by atoms with Crippen LogP contribution in [0.2, 0.25) is 0 Å². The molecule has 0 aromatic rings. The van der Waals surface area contributed by atoms with Crippen LogP contribution in [0.15, 0.2) is 0 Å². The normalized spacial score (nSPS) is 10.6. The lowest BCUT2D eigenvalue weighted by Gasteiger charge is -1.96. The average Bonchev–Trinajstić information content (AvgIpc) is 1.83. The van der Waals surface area contributed by atoms with E-state index in [1.165, 1.54) is 9.76 Å². The van der Waals surface area contributed by atoms with E-state index in [-0.39, 0.29) is 15.0 Å². The Morgan fingerprint density at radius 2 is 2.50 bits per heavy atom. The van der Waals surface area contributed by atoms with Crippen LogP contribution in [0.1, 0.15) is 13.3 Å². The van der Waals surface area contributed by atoms with Crippen LogP contribution in [0.3, 0.4) is 0 Å². The lowest BCUT2D eigenvalue weighted by Crippen LogP contribution is -2.09. The van der Waals surface area contributed by atoms with Crippen LogP contribution in [-0.4, -0.2) is 31.0 Å². The van der Waals surface area contributed by atoms with E-state index in [4.69, 9.17) is 4.74 Å². The second-order valence-electron chi connectivity index (χ2n) is 1.57. The molecule has 0 spiro atoms. The molecule has 0 radical (unpaired) electrons. The second-order valence-corrected chi connectivity index (χ2v) is 5.98. The minimum absolute atomic E-state index is 0.0478. The molecule has 2 nitrogen and oxygen atoms in total. The van der Waals surface area contributed by atoms with Gasteiger partial charge in [0.1, 0.15) is 0 Å². The maximum absolute atomic E-state index is 10.4. The topological polar surface area (TPSA) is 26.3 Å². The zero-order valence-electron chi connectivity index (χ0n) is 5.44. The van der Waals surface area contributed by atoms with Gasteiger partial charge in [0, 0.05) is 6.42 Å². The Bertz CT molecular complexity index is 74.4. The summed E-state index contributed by atoms with van der Waals surface area (Å²) >= 11 is 0. The highest BCUT2D eigenvalue weighted by Gasteiger charge is 1.93. The SMILES string of the molecule is CCC(=O)OC[SiH2][SiH3]. The minimum atomic E-state index is -0.0478. The van der Waals surface area contributed by atoms with E-state index in [1.807, 2.05) is 6.92 Å². The van der Waals surface area contributed by atoms with Crippen LogP contribution in [0.4, 0.5) is 0 Å². The molecule has 0 aromatic heterocycles. The molecule has 4 heteroatoms. The highest BCUT2D eigenvalue weighted by atomic mass is 29.1. The molecule has 0 rings (SSSR count). The third-order valence-corrected chi connectivity index (χ3v) is 2.59. The molecule has 0 aromatic carbocycles. The van der Waals surface area contributed by atoms with Crippen molar-refractivity contribution in [1.29, 1.82) is 0 Å². The van der Waals surface area contributed by atoms with E-state index in [2.05, 4.69) is 0 Å². The number of hydrogen-bond acceptors (Lipinski definition) is 2. The monoisotopic (exact) mass is 148 g/mol. The van der Waals surface area contributed by atoms with Crippen molar-refractivity contribution < 1.29 is 9.53 Å². The molecule has 0 heterocycles. The summed E-state index contributed by atoms with van der Waals surface area (Å²) in [5, 5.41) is 0. The predicted molar refractivity (Wildman–Crippen MR) is 39.7 cm³/mol. The first-order valence-electron chi connectivity index (χ1n) is 2.96. The van der Waals surface area contributed by atoms with Gasteiger partial charge in [-0.15, -0.1) is 0 Å². The highest BCUT2D eigenvalue weighted by Crippen LogP contribution is 1.80. The number of hydrogen-bond donors (Lipinski definition) is 0. The van der Waals surface area contributed by atoms with E-state index in [1.54, 1.807) is 0 Å². The number of rotatable bonds is 3. The number of carbonyl (C=O) groups excluding carboxylic acids is 1. The number of esters is 1. The zero-order valence-corrected chi connectivity index (χ0v) is 8.85. The van der Waals surface area contributed by atoms with Gasteiger partial charge in [-0.3, -0.25) is 4.79 Å². The van der Waals surface area contributed by atoms with Gasteiger partial charge in [0.2, 0.25) is 0 Å². The smallest absolute Gasteiger partial charge is 0.305 e. The van der Waals surface area contributed by atoms with Gasteiger partial charge in [-0.1, -0.05) is 6.92 Å². The highest BCUT2D eigenvalue weighted by molar-refractivity contribution is 6.89. The molecule has 0 atom stereocenters. The van der Waals surface area contributed by atoms with Crippen molar-refractivity contribution >= 4 is 24.8 Å². The molecule has 0 amide bonds. The molecule has 8 heavy (non-hydrogen) atoms. The summed E-state index contributed by atoms with van der Waals surface area (Å²) in [5.74, 6) is -0.0478. The molecule has 0 N–H and O–H groups in total. The molecule has 0 fully saturated rings. The Hall–Kier alpha value is -0.0962. The molecule has 0 aliphatic heterocycles. The molecule has 0 unspecified atom stereocenters. The van der Waals surface area contributed by atoms with Crippen LogP contribution < -0.4 is 0 Å². The summed E-state index contributed by atoms with van der Waals surface area (Å²) < 4.78 is 4.80. The Morgan fingerprint density at radius 1 is 1.88 bits per heavy atom. The van der Waals surface area contributed by atoms with Gasteiger partial charge in [0.25, 0.3) is 0 Å². The first-order valence-corrected chi connectivity index (χ1v) is 9.62. The van der Waals surface area contributed by atoms with Gasteiger partial charge in [-0.2, -0.15) is 0 Å². The van der Waals surface area contributed by atoms with Crippen LogP contribution in [-0.2, 0) is 9.53 Å². The fourth-order valence-electron chi connectivity index (χ4n) is 0.318. The van der Waals surface area contributed by atoms with Crippen LogP contribution in [0.5, 0.6) is 0 Å². The largest absolute Gasteiger partial charge is 0.471 e. The second kappa shape index (κ2) is 5.05. The van der Waals surface area contributed by atoms with Gasteiger partial charge in [0.15, 0.2) is 0 Å². The van der Waals surface area contributed by atoms with Gasteiger partial charge < -0.3 is 4.74 Å². The van der Waals surface area contributed by atoms with E-state index in [9.17, 15) is 4.79 Å². The maximum atomic E-state index is 10.4.